The van der Waals surface area contributed by atoms with E-state index in [1.54, 1.807) is 0 Å². The first-order valence-corrected chi connectivity index (χ1v) is 8.62. The second-order valence-electron chi connectivity index (χ2n) is 6.14. The molecular formula is C22H19N3O. The number of hydrogen-bond acceptors (Lipinski definition) is 2. The minimum absolute atomic E-state index is 0.0332. The second-order valence-corrected chi connectivity index (χ2v) is 6.14. The van der Waals surface area contributed by atoms with Gasteiger partial charge in [-0.25, -0.2) is 4.98 Å². The normalized spacial score (nSPS) is 10.8. The molecule has 0 bridgehead atoms. The Kier molecular flexibility index (Phi) is 4.48. The lowest BCUT2D eigenvalue weighted by Crippen LogP contribution is -2.27. The quantitative estimate of drug-likeness (QED) is 0.596. The minimum Gasteiger partial charge on any atom is -0.350 e. The van der Waals surface area contributed by atoms with Gasteiger partial charge < -0.3 is 9.88 Å². The van der Waals surface area contributed by atoms with Gasteiger partial charge in [0.1, 0.15) is 12.4 Å². The van der Waals surface area contributed by atoms with Gasteiger partial charge in [0.05, 0.1) is 11.0 Å². The zero-order valence-electron chi connectivity index (χ0n) is 14.3. The van der Waals surface area contributed by atoms with Crippen LogP contribution in [0.3, 0.4) is 0 Å². The topological polar surface area (TPSA) is 46.9 Å². The average Bonchev–Trinajstić information content (AvgIpc) is 3.06. The van der Waals surface area contributed by atoms with Crippen molar-refractivity contribution in [2.45, 2.75) is 13.1 Å². The van der Waals surface area contributed by atoms with Crippen molar-refractivity contribution in [3.05, 3.63) is 90.5 Å². The molecule has 0 saturated carbocycles. The molecule has 4 heteroatoms. The summed E-state index contributed by atoms with van der Waals surface area (Å²) in [5, 5.41) is 2.99. The maximum absolute atomic E-state index is 12.6. The number of aromatic nitrogens is 2. The molecule has 0 fully saturated rings. The Balaban J connectivity index is 1.61. The van der Waals surface area contributed by atoms with Gasteiger partial charge in [0.15, 0.2) is 0 Å². The standard InChI is InChI=1S/C22H19N3O/c26-21(23-15-17-9-3-1-4-10-17)16-25-20-14-8-7-13-19(20)24-22(25)18-11-5-2-6-12-18/h1-14H,15-16H2,(H,23,26). The first-order chi connectivity index (χ1) is 12.8. The Morgan fingerprint density at radius 3 is 2.27 bits per heavy atom. The van der Waals surface area contributed by atoms with Gasteiger partial charge in [0.25, 0.3) is 0 Å². The monoisotopic (exact) mass is 341 g/mol. The van der Waals surface area contributed by atoms with Crippen LogP contribution in [-0.4, -0.2) is 15.5 Å². The Labute approximate surface area is 152 Å². The molecule has 4 aromatic rings. The van der Waals surface area contributed by atoms with Crippen molar-refractivity contribution < 1.29 is 4.79 Å². The van der Waals surface area contributed by atoms with Crippen molar-refractivity contribution in [3.63, 3.8) is 0 Å². The molecule has 1 N–H and O–H groups in total. The van der Waals surface area contributed by atoms with Crippen molar-refractivity contribution in [2.75, 3.05) is 0 Å². The highest BCUT2D eigenvalue weighted by molar-refractivity contribution is 5.84. The highest BCUT2D eigenvalue weighted by atomic mass is 16.1. The van der Waals surface area contributed by atoms with Crippen LogP contribution in [0.5, 0.6) is 0 Å². The molecule has 0 aliphatic rings. The minimum atomic E-state index is -0.0332. The van der Waals surface area contributed by atoms with E-state index in [-0.39, 0.29) is 12.5 Å². The van der Waals surface area contributed by atoms with Crippen LogP contribution in [0.25, 0.3) is 22.4 Å². The largest absolute Gasteiger partial charge is 0.350 e. The zero-order chi connectivity index (χ0) is 17.8. The number of benzene rings is 3. The van der Waals surface area contributed by atoms with Gasteiger partial charge in [0.2, 0.25) is 5.91 Å². The van der Waals surface area contributed by atoms with Gasteiger partial charge in [-0.2, -0.15) is 0 Å². The molecule has 1 heterocycles. The summed E-state index contributed by atoms with van der Waals surface area (Å²) in [7, 11) is 0. The lowest BCUT2D eigenvalue weighted by molar-refractivity contribution is -0.121. The number of hydrogen-bond donors (Lipinski definition) is 1. The molecule has 0 aliphatic carbocycles. The van der Waals surface area contributed by atoms with Crippen LogP contribution in [0.2, 0.25) is 0 Å². The van der Waals surface area contributed by atoms with Crippen LogP contribution in [0.15, 0.2) is 84.9 Å². The fourth-order valence-corrected chi connectivity index (χ4v) is 3.04. The molecule has 0 saturated heterocycles. The van der Waals surface area contributed by atoms with E-state index in [1.807, 2.05) is 89.5 Å². The van der Waals surface area contributed by atoms with Crippen LogP contribution in [0.1, 0.15) is 5.56 Å². The summed E-state index contributed by atoms with van der Waals surface area (Å²) < 4.78 is 1.98. The number of nitrogens with zero attached hydrogens (tertiary/aromatic N) is 2. The van der Waals surface area contributed by atoms with Gasteiger partial charge in [-0.1, -0.05) is 72.8 Å². The predicted octanol–water partition coefficient (Wildman–Crippen LogP) is 4.02. The smallest absolute Gasteiger partial charge is 0.240 e. The van der Waals surface area contributed by atoms with Crippen LogP contribution < -0.4 is 5.32 Å². The number of amides is 1. The summed E-state index contributed by atoms with van der Waals surface area (Å²) in [5.41, 5.74) is 3.93. The third kappa shape index (κ3) is 3.35. The number of imidazole rings is 1. The van der Waals surface area contributed by atoms with E-state index in [9.17, 15) is 4.79 Å². The second kappa shape index (κ2) is 7.23. The highest BCUT2D eigenvalue weighted by Crippen LogP contribution is 2.24. The molecule has 26 heavy (non-hydrogen) atoms. The Bertz CT molecular complexity index is 1020. The molecule has 4 nitrogen and oxygen atoms in total. The molecule has 1 amide bonds. The van der Waals surface area contributed by atoms with Crippen LogP contribution in [0.4, 0.5) is 0 Å². The number of para-hydroxylation sites is 2. The molecule has 0 unspecified atom stereocenters. The van der Waals surface area contributed by atoms with Gasteiger partial charge in [0, 0.05) is 12.1 Å². The van der Waals surface area contributed by atoms with Gasteiger partial charge in [-0.3, -0.25) is 4.79 Å². The number of nitrogens with one attached hydrogen (secondary N) is 1. The fraction of sp³-hybridized carbons (Fsp3) is 0.0909. The van der Waals surface area contributed by atoms with Crippen LogP contribution in [-0.2, 0) is 17.9 Å². The van der Waals surface area contributed by atoms with Crippen molar-refractivity contribution in [1.82, 2.24) is 14.9 Å². The first kappa shape index (κ1) is 16.1. The van der Waals surface area contributed by atoms with Gasteiger partial charge >= 0.3 is 0 Å². The van der Waals surface area contributed by atoms with Gasteiger partial charge in [-0.15, -0.1) is 0 Å². The van der Waals surface area contributed by atoms with E-state index in [0.29, 0.717) is 6.54 Å². The van der Waals surface area contributed by atoms with Crippen molar-refractivity contribution in [3.8, 4) is 11.4 Å². The first-order valence-electron chi connectivity index (χ1n) is 8.62. The average molecular weight is 341 g/mol. The zero-order valence-corrected chi connectivity index (χ0v) is 14.3. The molecule has 1 aromatic heterocycles. The summed E-state index contributed by atoms with van der Waals surface area (Å²) in [4.78, 5) is 17.3. The van der Waals surface area contributed by atoms with E-state index in [1.165, 1.54) is 0 Å². The van der Waals surface area contributed by atoms with E-state index < -0.39 is 0 Å². The van der Waals surface area contributed by atoms with Crippen LogP contribution >= 0.6 is 0 Å². The van der Waals surface area contributed by atoms with E-state index in [4.69, 9.17) is 4.98 Å². The summed E-state index contributed by atoms with van der Waals surface area (Å²) >= 11 is 0. The van der Waals surface area contributed by atoms with Crippen molar-refractivity contribution >= 4 is 16.9 Å². The number of rotatable bonds is 5. The molecule has 4 rings (SSSR count). The maximum atomic E-state index is 12.6. The molecule has 0 spiro atoms. The molecule has 128 valence electrons. The van der Waals surface area contributed by atoms with Gasteiger partial charge in [-0.05, 0) is 17.7 Å². The fourth-order valence-electron chi connectivity index (χ4n) is 3.04. The molecule has 0 atom stereocenters. The molecule has 0 aliphatic heterocycles. The van der Waals surface area contributed by atoms with Crippen LogP contribution in [0, 0.1) is 0 Å². The Morgan fingerprint density at radius 2 is 1.50 bits per heavy atom. The summed E-state index contributed by atoms with van der Waals surface area (Å²) in [6.45, 7) is 0.755. The molecular weight excluding hydrogens is 322 g/mol. The van der Waals surface area contributed by atoms with E-state index in [0.717, 1.165) is 28.0 Å². The maximum Gasteiger partial charge on any atom is 0.240 e. The summed E-state index contributed by atoms with van der Waals surface area (Å²) in [5.74, 6) is 0.774. The molecule has 0 radical (unpaired) electrons. The Hall–Kier alpha value is -3.40. The third-order valence-corrected chi connectivity index (χ3v) is 4.32. The van der Waals surface area contributed by atoms with E-state index >= 15 is 0 Å². The predicted molar refractivity (Wildman–Crippen MR) is 103 cm³/mol. The number of carbonyl (C=O) groups is 1. The third-order valence-electron chi connectivity index (χ3n) is 4.32. The lowest BCUT2D eigenvalue weighted by Gasteiger charge is -2.10. The number of carbonyl (C=O) groups excluding carboxylic acids is 1. The van der Waals surface area contributed by atoms with E-state index in [2.05, 4.69) is 5.32 Å². The molecule has 3 aromatic carbocycles. The van der Waals surface area contributed by atoms with Crippen molar-refractivity contribution in [1.29, 1.82) is 0 Å². The Morgan fingerprint density at radius 1 is 0.846 bits per heavy atom. The lowest BCUT2D eigenvalue weighted by atomic mass is 10.2. The highest BCUT2D eigenvalue weighted by Gasteiger charge is 2.14. The summed E-state index contributed by atoms with van der Waals surface area (Å²) in [6.07, 6.45) is 0. The summed E-state index contributed by atoms with van der Waals surface area (Å²) in [6, 6.07) is 27.8. The van der Waals surface area contributed by atoms with Crippen molar-refractivity contribution in [2.24, 2.45) is 0 Å². The SMILES string of the molecule is O=C(Cn1c(-c2ccccc2)nc2ccccc21)NCc1ccccc1. The number of fused-ring (bicyclic) bond motifs is 1.